The average molecular weight is 460 g/mol. The molecule has 3 aromatic rings. The van der Waals surface area contributed by atoms with Crippen molar-refractivity contribution < 1.29 is 33.1 Å². The molecule has 1 N–H and O–H groups in total. The maximum atomic E-state index is 12.8. The number of furan rings is 1. The number of nitrogens with one attached hydrogen (secondary N) is 1. The van der Waals surface area contributed by atoms with E-state index >= 15 is 0 Å². The molecule has 1 aliphatic rings. The van der Waals surface area contributed by atoms with Gasteiger partial charge in [-0.3, -0.25) is 9.69 Å². The zero-order valence-electron chi connectivity index (χ0n) is 18.4. The Balaban J connectivity index is 1.52. The molecule has 0 atom stereocenters. The van der Waals surface area contributed by atoms with E-state index in [1.165, 1.54) is 25.3 Å². The van der Waals surface area contributed by atoms with E-state index in [2.05, 4.69) is 10.1 Å². The third-order valence-electron chi connectivity index (χ3n) is 5.03. The molecule has 2 aromatic carbocycles. The number of imide groups is 1. The molecule has 34 heavy (non-hydrogen) atoms. The Hall–Kier alpha value is -4.66. The van der Waals surface area contributed by atoms with Gasteiger partial charge in [-0.2, -0.15) is 0 Å². The lowest BCUT2D eigenvalue weighted by atomic mass is 10.1. The first-order chi connectivity index (χ1) is 16.4. The first-order valence-electron chi connectivity index (χ1n) is 10.2. The van der Waals surface area contributed by atoms with E-state index in [0.717, 1.165) is 10.5 Å². The summed E-state index contributed by atoms with van der Waals surface area (Å²) in [6.45, 7) is 1.74. The van der Waals surface area contributed by atoms with Gasteiger partial charge in [0.2, 0.25) is 5.76 Å². The van der Waals surface area contributed by atoms with E-state index in [4.69, 9.17) is 9.15 Å². The molecular formula is C25H20N2O7. The van der Waals surface area contributed by atoms with Crippen LogP contribution in [0.5, 0.6) is 5.75 Å². The lowest BCUT2D eigenvalue weighted by molar-refractivity contribution is -0.123. The molecule has 1 aliphatic heterocycles. The Labute approximate surface area is 194 Å². The van der Waals surface area contributed by atoms with Crippen LogP contribution in [-0.4, -0.2) is 35.9 Å². The number of hydrogen-bond donors (Lipinski definition) is 1. The van der Waals surface area contributed by atoms with Crippen molar-refractivity contribution in [3.63, 3.8) is 0 Å². The molecule has 1 aromatic heterocycles. The molecule has 1 saturated heterocycles. The largest absolute Gasteiger partial charge is 0.463 e. The van der Waals surface area contributed by atoms with Gasteiger partial charge in [0, 0.05) is 5.56 Å². The van der Waals surface area contributed by atoms with E-state index in [0.29, 0.717) is 11.1 Å². The van der Waals surface area contributed by atoms with Crippen molar-refractivity contribution in [1.82, 2.24) is 10.2 Å². The van der Waals surface area contributed by atoms with E-state index < -0.39 is 23.9 Å². The molecule has 1 fully saturated rings. The van der Waals surface area contributed by atoms with Crippen molar-refractivity contribution in [2.75, 3.05) is 7.11 Å². The van der Waals surface area contributed by atoms with Crippen LogP contribution in [0.4, 0.5) is 4.79 Å². The highest BCUT2D eigenvalue weighted by Gasteiger charge is 2.34. The normalized spacial score (nSPS) is 14.3. The van der Waals surface area contributed by atoms with Gasteiger partial charge in [-0.05, 0) is 43.3 Å². The summed E-state index contributed by atoms with van der Waals surface area (Å²) in [5.41, 5.74) is 1.83. The standard InChI is InChI=1S/C25H20N2O7/c1-15-7-9-16(10-8-15)23(29)34-20-6-4-3-5-17(20)13-19-22(28)27(25(31)26-19)14-18-11-12-21(33-18)24(30)32-2/h3-13H,14H2,1-2H3,(H,26,31)/b19-13+. The number of carbonyl (C=O) groups excluding carboxylic acids is 4. The van der Waals surface area contributed by atoms with E-state index in [1.54, 1.807) is 48.5 Å². The summed E-state index contributed by atoms with van der Waals surface area (Å²) in [5.74, 6) is -1.38. The average Bonchev–Trinajstić information content (AvgIpc) is 3.40. The predicted octanol–water partition coefficient (Wildman–Crippen LogP) is 3.69. The Kier molecular flexibility index (Phi) is 6.26. The van der Waals surface area contributed by atoms with Crippen molar-refractivity contribution >= 4 is 30.0 Å². The number of aryl methyl sites for hydroxylation is 1. The number of hydrogen-bond acceptors (Lipinski definition) is 7. The highest BCUT2D eigenvalue weighted by Crippen LogP contribution is 2.25. The zero-order chi connectivity index (χ0) is 24.2. The number of benzene rings is 2. The van der Waals surface area contributed by atoms with Crippen LogP contribution < -0.4 is 10.1 Å². The fourth-order valence-electron chi connectivity index (χ4n) is 3.24. The van der Waals surface area contributed by atoms with Crippen molar-refractivity contribution in [2.24, 2.45) is 0 Å². The number of esters is 2. The zero-order valence-corrected chi connectivity index (χ0v) is 18.4. The van der Waals surface area contributed by atoms with Gasteiger partial charge in [0.1, 0.15) is 17.2 Å². The maximum absolute atomic E-state index is 12.8. The van der Waals surface area contributed by atoms with E-state index in [-0.39, 0.29) is 29.5 Å². The second-order valence-corrected chi connectivity index (χ2v) is 7.43. The Morgan fingerprint density at radius 2 is 1.74 bits per heavy atom. The minimum Gasteiger partial charge on any atom is -0.463 e. The Bertz CT molecular complexity index is 1300. The number of urea groups is 1. The summed E-state index contributed by atoms with van der Waals surface area (Å²) < 4.78 is 15.4. The highest BCUT2D eigenvalue weighted by atomic mass is 16.5. The molecule has 0 unspecified atom stereocenters. The van der Waals surface area contributed by atoms with Crippen LogP contribution in [0.25, 0.3) is 6.08 Å². The summed E-state index contributed by atoms with van der Waals surface area (Å²) in [6.07, 6.45) is 1.43. The fraction of sp³-hybridized carbons (Fsp3) is 0.120. The number of amides is 3. The number of para-hydroxylation sites is 1. The van der Waals surface area contributed by atoms with Crippen LogP contribution in [0.2, 0.25) is 0 Å². The van der Waals surface area contributed by atoms with Crippen LogP contribution in [-0.2, 0) is 16.1 Å². The topological polar surface area (TPSA) is 115 Å². The first kappa shape index (κ1) is 22.5. The summed E-state index contributed by atoms with van der Waals surface area (Å²) in [6, 6.07) is 15.8. The molecule has 9 heteroatoms. The van der Waals surface area contributed by atoms with Gasteiger partial charge in [-0.15, -0.1) is 0 Å². The number of methoxy groups -OCH3 is 1. The third kappa shape index (κ3) is 4.73. The molecule has 9 nitrogen and oxygen atoms in total. The van der Waals surface area contributed by atoms with Crippen molar-refractivity contribution in [1.29, 1.82) is 0 Å². The van der Waals surface area contributed by atoms with Gasteiger partial charge in [0.25, 0.3) is 5.91 Å². The van der Waals surface area contributed by atoms with Crippen molar-refractivity contribution in [3.05, 3.63) is 94.6 Å². The molecule has 0 aliphatic carbocycles. The molecule has 2 heterocycles. The monoisotopic (exact) mass is 460 g/mol. The lowest BCUT2D eigenvalue weighted by Crippen LogP contribution is -2.30. The van der Waals surface area contributed by atoms with Crippen LogP contribution in [0, 0.1) is 6.92 Å². The van der Waals surface area contributed by atoms with Crippen LogP contribution in [0.3, 0.4) is 0 Å². The van der Waals surface area contributed by atoms with Gasteiger partial charge in [-0.1, -0.05) is 35.9 Å². The van der Waals surface area contributed by atoms with Gasteiger partial charge in [0.05, 0.1) is 19.2 Å². The van der Waals surface area contributed by atoms with Crippen molar-refractivity contribution in [3.8, 4) is 5.75 Å². The Morgan fingerprint density at radius 3 is 2.47 bits per heavy atom. The van der Waals surface area contributed by atoms with Gasteiger partial charge < -0.3 is 19.2 Å². The minimum absolute atomic E-state index is 0.00332. The molecule has 0 radical (unpaired) electrons. The molecule has 0 bridgehead atoms. The highest BCUT2D eigenvalue weighted by molar-refractivity contribution is 6.14. The maximum Gasteiger partial charge on any atom is 0.373 e. The van der Waals surface area contributed by atoms with Gasteiger partial charge in [-0.25, -0.2) is 14.4 Å². The van der Waals surface area contributed by atoms with Crippen LogP contribution >= 0.6 is 0 Å². The summed E-state index contributed by atoms with van der Waals surface area (Å²) in [4.78, 5) is 50.2. The SMILES string of the molecule is COC(=O)c1ccc(CN2C(=O)N/C(=C/c3ccccc3OC(=O)c3ccc(C)cc3)C2=O)o1. The number of nitrogens with zero attached hydrogens (tertiary/aromatic N) is 1. The summed E-state index contributed by atoms with van der Waals surface area (Å²) in [5, 5.41) is 2.51. The minimum atomic E-state index is -0.666. The Morgan fingerprint density at radius 1 is 1.00 bits per heavy atom. The first-order valence-corrected chi connectivity index (χ1v) is 10.2. The van der Waals surface area contributed by atoms with E-state index in [1.807, 2.05) is 6.92 Å². The molecule has 172 valence electrons. The quantitative estimate of drug-likeness (QED) is 0.258. The third-order valence-corrected chi connectivity index (χ3v) is 5.03. The van der Waals surface area contributed by atoms with Crippen LogP contribution in [0.1, 0.15) is 37.8 Å². The predicted molar refractivity (Wildman–Crippen MR) is 120 cm³/mol. The second-order valence-electron chi connectivity index (χ2n) is 7.43. The summed E-state index contributed by atoms with van der Waals surface area (Å²) in [7, 11) is 1.22. The smallest absolute Gasteiger partial charge is 0.373 e. The fourth-order valence-corrected chi connectivity index (χ4v) is 3.24. The van der Waals surface area contributed by atoms with Crippen molar-refractivity contribution in [2.45, 2.75) is 13.5 Å². The molecule has 3 amide bonds. The van der Waals surface area contributed by atoms with Crippen LogP contribution in [0.15, 0.2) is 70.8 Å². The molecule has 0 saturated carbocycles. The number of rotatable bonds is 6. The second kappa shape index (κ2) is 9.45. The number of ether oxygens (including phenoxy) is 2. The molecular weight excluding hydrogens is 440 g/mol. The summed E-state index contributed by atoms with van der Waals surface area (Å²) >= 11 is 0. The molecule has 4 rings (SSSR count). The van der Waals surface area contributed by atoms with E-state index in [9.17, 15) is 19.2 Å². The van der Waals surface area contributed by atoms with Gasteiger partial charge >= 0.3 is 18.0 Å². The lowest BCUT2D eigenvalue weighted by Gasteiger charge is -2.09. The van der Waals surface area contributed by atoms with Gasteiger partial charge in [0.15, 0.2) is 0 Å². The number of carbonyl (C=O) groups is 4. The molecule has 0 spiro atoms.